The molecule has 2 saturated heterocycles. The average Bonchev–Trinajstić information content (AvgIpc) is 3.61. The van der Waals surface area contributed by atoms with Crippen LogP contribution in [0.1, 0.15) is 43.0 Å². The Morgan fingerprint density at radius 3 is 2.69 bits per heavy atom. The molecule has 2 aliphatic heterocycles. The normalized spacial score (nSPS) is 19.7. The Labute approximate surface area is 210 Å². The number of pyridine rings is 1. The van der Waals surface area contributed by atoms with Crippen LogP contribution in [-0.2, 0) is 4.74 Å². The van der Waals surface area contributed by atoms with Gasteiger partial charge in [-0.15, -0.1) is 0 Å². The third kappa shape index (κ3) is 5.85. The quantitative estimate of drug-likeness (QED) is 0.332. The summed E-state index contributed by atoms with van der Waals surface area (Å²) >= 11 is 1.45. The fraction of sp³-hybridized carbons (Fsp3) is 0.538. The summed E-state index contributed by atoms with van der Waals surface area (Å²) < 4.78 is 14.4. The van der Waals surface area contributed by atoms with Crippen LogP contribution in [0.3, 0.4) is 0 Å². The highest BCUT2D eigenvalue weighted by atomic mass is 32.2. The van der Waals surface area contributed by atoms with Gasteiger partial charge >= 0.3 is 0 Å². The number of aliphatic hydroxyl groups is 1. The third-order valence-electron chi connectivity index (χ3n) is 7.18. The number of piperidine rings is 1. The molecule has 35 heavy (non-hydrogen) atoms. The predicted molar refractivity (Wildman–Crippen MR) is 139 cm³/mol. The second-order valence-corrected chi connectivity index (χ2v) is 11.2. The van der Waals surface area contributed by atoms with Crippen LogP contribution in [0.15, 0.2) is 36.4 Å². The van der Waals surface area contributed by atoms with Crippen LogP contribution < -0.4 is 19.7 Å². The van der Waals surface area contributed by atoms with Gasteiger partial charge in [0.05, 0.1) is 37.7 Å². The van der Waals surface area contributed by atoms with Gasteiger partial charge < -0.3 is 29.5 Å². The summed E-state index contributed by atoms with van der Waals surface area (Å²) in [5, 5.41) is 12.0. The first kappa shape index (κ1) is 24.2. The monoisotopic (exact) mass is 498 g/mol. The lowest BCUT2D eigenvalue weighted by Gasteiger charge is -2.37. The zero-order valence-corrected chi connectivity index (χ0v) is 21.0. The molecule has 1 aliphatic carbocycles. The molecule has 5 rings (SSSR count). The molecule has 9 heteroatoms. The zero-order chi connectivity index (χ0) is 24.3. The van der Waals surface area contributed by atoms with Crippen LogP contribution in [0, 0.1) is 10.8 Å². The highest BCUT2D eigenvalue weighted by Gasteiger charge is 2.44. The van der Waals surface area contributed by atoms with E-state index in [0.29, 0.717) is 48.2 Å². The molecule has 0 bridgehead atoms. The molecular formula is C26H34N4O4S. The summed E-state index contributed by atoms with van der Waals surface area (Å²) in [5.41, 5.74) is 3.05. The molecule has 3 fully saturated rings. The summed E-state index contributed by atoms with van der Waals surface area (Å²) in [6.07, 6.45) is 5.03. The fourth-order valence-corrected chi connectivity index (χ4v) is 5.15. The summed E-state index contributed by atoms with van der Waals surface area (Å²) in [5.74, 6) is 1.36. The van der Waals surface area contributed by atoms with Gasteiger partial charge in [-0.25, -0.2) is 0 Å². The Balaban J connectivity index is 1.30. The second-order valence-electron chi connectivity index (χ2n) is 10.3. The molecule has 3 N–H and O–H groups in total. The van der Waals surface area contributed by atoms with Crippen molar-refractivity contribution in [3.63, 3.8) is 0 Å². The number of aromatic nitrogens is 1. The zero-order valence-electron chi connectivity index (χ0n) is 20.2. The van der Waals surface area contributed by atoms with E-state index in [1.807, 2.05) is 24.3 Å². The van der Waals surface area contributed by atoms with Crippen molar-refractivity contribution in [2.24, 2.45) is 10.8 Å². The number of anilines is 3. The number of hydrogen-bond acceptors (Lipinski definition) is 8. The minimum Gasteiger partial charge on any atom is -0.477 e. The van der Waals surface area contributed by atoms with Crippen molar-refractivity contribution in [2.45, 2.75) is 32.6 Å². The molecule has 1 spiro atoms. The van der Waals surface area contributed by atoms with E-state index in [1.54, 1.807) is 12.1 Å². The molecule has 188 valence electrons. The van der Waals surface area contributed by atoms with Gasteiger partial charge in [-0.05, 0) is 55.4 Å². The highest BCUT2D eigenvalue weighted by Crippen LogP contribution is 2.54. The molecule has 1 aromatic heterocycles. The van der Waals surface area contributed by atoms with Gasteiger partial charge in [0, 0.05) is 36.0 Å². The van der Waals surface area contributed by atoms with Crippen molar-refractivity contribution in [2.75, 3.05) is 60.2 Å². The maximum absolute atomic E-state index is 13.4. The van der Waals surface area contributed by atoms with E-state index in [1.165, 1.54) is 37.6 Å². The van der Waals surface area contributed by atoms with Crippen molar-refractivity contribution in [3.8, 4) is 5.88 Å². The summed E-state index contributed by atoms with van der Waals surface area (Å²) in [7, 11) is 0. The van der Waals surface area contributed by atoms with E-state index < -0.39 is 0 Å². The molecule has 1 saturated carbocycles. The number of rotatable bonds is 10. The van der Waals surface area contributed by atoms with Gasteiger partial charge in [0.25, 0.3) is 5.91 Å². The maximum atomic E-state index is 13.4. The van der Waals surface area contributed by atoms with Crippen LogP contribution in [0.2, 0.25) is 0 Å². The number of nitrogens with one attached hydrogen (secondary N) is 2. The van der Waals surface area contributed by atoms with Crippen LogP contribution in [0.25, 0.3) is 0 Å². The van der Waals surface area contributed by atoms with Crippen LogP contribution in [0.4, 0.5) is 17.2 Å². The van der Waals surface area contributed by atoms with Gasteiger partial charge in [-0.3, -0.25) is 4.79 Å². The predicted octanol–water partition coefficient (Wildman–Crippen LogP) is 4.18. The molecule has 0 radical (unpaired) electrons. The van der Waals surface area contributed by atoms with Crippen molar-refractivity contribution >= 4 is 35.0 Å². The molecular weight excluding hydrogens is 464 g/mol. The van der Waals surface area contributed by atoms with Gasteiger partial charge in [0.15, 0.2) is 0 Å². The van der Waals surface area contributed by atoms with Crippen molar-refractivity contribution in [1.82, 2.24) is 4.98 Å². The summed E-state index contributed by atoms with van der Waals surface area (Å²) in [6, 6.07) is 11.2. The first-order chi connectivity index (χ1) is 17.0. The highest BCUT2D eigenvalue weighted by molar-refractivity contribution is 8.00. The summed E-state index contributed by atoms with van der Waals surface area (Å²) in [4.78, 5) is 20.2. The number of hydrogen-bond donors (Lipinski definition) is 3. The number of ether oxygens (including phenoxy) is 2. The number of amides is 1. The Kier molecular flexibility index (Phi) is 7.09. The van der Waals surface area contributed by atoms with E-state index >= 15 is 0 Å². The van der Waals surface area contributed by atoms with Crippen molar-refractivity contribution < 1.29 is 19.4 Å². The topological polar surface area (TPSA) is 96.0 Å². The van der Waals surface area contributed by atoms with Crippen LogP contribution >= 0.6 is 11.9 Å². The van der Waals surface area contributed by atoms with E-state index in [0.717, 1.165) is 24.5 Å². The molecule has 1 amide bonds. The lowest BCUT2D eigenvalue weighted by Crippen LogP contribution is -2.44. The van der Waals surface area contributed by atoms with Gasteiger partial charge in [-0.1, -0.05) is 24.9 Å². The number of carbonyl (C=O) groups excluding carboxylic acids is 1. The minimum atomic E-state index is -0.190. The Morgan fingerprint density at radius 1 is 1.20 bits per heavy atom. The van der Waals surface area contributed by atoms with Gasteiger partial charge in [0.2, 0.25) is 5.88 Å². The molecule has 3 aliphatic rings. The number of benzene rings is 1. The number of carbonyl (C=O) groups is 1. The largest absolute Gasteiger partial charge is 0.477 e. The molecule has 1 aromatic carbocycles. The Bertz CT molecular complexity index is 1050. The molecule has 2 aromatic rings. The lowest BCUT2D eigenvalue weighted by atomic mass is 9.90. The summed E-state index contributed by atoms with van der Waals surface area (Å²) in [6.45, 7) is 6.05. The smallest absolute Gasteiger partial charge is 0.258 e. The molecule has 8 nitrogen and oxygen atoms in total. The second kappa shape index (κ2) is 10.2. The van der Waals surface area contributed by atoms with Crippen molar-refractivity contribution in [1.29, 1.82) is 0 Å². The molecule has 0 unspecified atom stereocenters. The molecule has 3 heterocycles. The number of nitrogens with zero attached hydrogens (tertiary/aromatic N) is 2. The van der Waals surface area contributed by atoms with E-state index in [2.05, 4.69) is 26.8 Å². The van der Waals surface area contributed by atoms with Gasteiger partial charge in [0.1, 0.15) is 5.82 Å². The van der Waals surface area contributed by atoms with Crippen LogP contribution in [0.5, 0.6) is 5.88 Å². The minimum absolute atomic E-state index is 0.0224. The van der Waals surface area contributed by atoms with E-state index in [4.69, 9.17) is 14.6 Å². The Morgan fingerprint density at radius 2 is 2.00 bits per heavy atom. The first-order valence-electron chi connectivity index (χ1n) is 12.3. The van der Waals surface area contributed by atoms with Crippen molar-refractivity contribution in [3.05, 3.63) is 42.0 Å². The lowest BCUT2D eigenvalue weighted by molar-refractivity contribution is -0.120. The first-order valence-corrected chi connectivity index (χ1v) is 13.3. The van der Waals surface area contributed by atoms with E-state index in [-0.39, 0.29) is 17.9 Å². The SMILES string of the molecule is CC1(COc2cccc(NC(=O)c3ccc(NSCCO)cc3N3CCC4(CC3)CC4)n2)COC1. The van der Waals surface area contributed by atoms with Gasteiger partial charge in [-0.2, -0.15) is 4.98 Å². The molecule has 0 atom stereocenters. The third-order valence-corrected chi connectivity index (χ3v) is 7.95. The van der Waals surface area contributed by atoms with Crippen LogP contribution in [-0.4, -0.2) is 61.3 Å². The maximum Gasteiger partial charge on any atom is 0.258 e. The Hall–Kier alpha value is -2.49. The fourth-order valence-electron chi connectivity index (χ4n) is 4.66. The number of aliphatic hydroxyl groups excluding tert-OH is 1. The van der Waals surface area contributed by atoms with E-state index in [9.17, 15) is 4.79 Å². The average molecular weight is 499 g/mol. The standard InChI is InChI=1S/C26H34N4O4S/c1-25(16-33-17-25)18-34-23-4-2-3-22(27-23)28-24(32)20-6-5-19(29-35-14-13-31)15-21(20)30-11-9-26(7-8-26)10-12-30/h2-6,15,29,31H,7-14,16-18H2,1H3,(H,27,28,32).